The molecule has 1 heterocycles. The number of aryl methyl sites for hydroxylation is 1. The Morgan fingerprint density at radius 1 is 1.45 bits per heavy atom. The number of thiazole rings is 1. The van der Waals surface area contributed by atoms with Gasteiger partial charge >= 0.3 is 0 Å². The Hall–Kier alpha value is -1.18. The average Bonchev–Trinajstić information content (AvgIpc) is 2.79. The third-order valence-electron chi connectivity index (χ3n) is 2.70. The van der Waals surface area contributed by atoms with Crippen LogP contribution in [0.2, 0.25) is 0 Å². The third-order valence-corrected chi connectivity index (χ3v) is 4.74. The van der Waals surface area contributed by atoms with E-state index >= 15 is 0 Å². The molecule has 0 unspecified atom stereocenters. The van der Waals surface area contributed by atoms with Crippen LogP contribution in [-0.2, 0) is 0 Å². The average molecular weight is 445 g/mol. The van der Waals surface area contributed by atoms with Crippen LogP contribution in [0.1, 0.15) is 18.2 Å². The molecule has 1 aromatic carbocycles. The summed E-state index contributed by atoms with van der Waals surface area (Å²) in [6.45, 7) is 8.33. The maximum Gasteiger partial charge on any atom is 0.206 e. The summed E-state index contributed by atoms with van der Waals surface area (Å²) in [5.41, 5.74) is 2.59. The highest BCUT2D eigenvalue weighted by Gasteiger charge is 2.06. The van der Waals surface area contributed by atoms with E-state index in [0.29, 0.717) is 16.6 Å². The topological polar surface area (TPSA) is 49.9 Å². The van der Waals surface area contributed by atoms with Crippen molar-refractivity contribution < 1.29 is 5.11 Å². The van der Waals surface area contributed by atoms with Gasteiger partial charge in [-0.25, -0.2) is 4.68 Å². The molecule has 7 heteroatoms. The van der Waals surface area contributed by atoms with E-state index in [1.165, 1.54) is 11.3 Å². The largest absolute Gasteiger partial charge is 0.506 e. The second-order valence-corrected chi connectivity index (χ2v) is 7.42. The van der Waals surface area contributed by atoms with Crippen LogP contribution in [0.4, 0.5) is 0 Å². The second-order valence-electron chi connectivity index (χ2n) is 4.81. The molecule has 0 bridgehead atoms. The number of benzene rings is 1. The molecule has 0 amide bonds. The Bertz CT molecular complexity index is 806. The Morgan fingerprint density at radius 3 is 2.86 bits per heavy atom. The van der Waals surface area contributed by atoms with E-state index in [0.717, 1.165) is 20.5 Å². The number of nitrogens with zero attached hydrogens (tertiary/aromatic N) is 3. The highest BCUT2D eigenvalue weighted by atomic mass is 79.9. The zero-order chi connectivity index (χ0) is 16.3. The van der Waals surface area contributed by atoms with Gasteiger partial charge in [-0.05, 0) is 41.9 Å². The van der Waals surface area contributed by atoms with E-state index in [9.17, 15) is 5.11 Å². The molecule has 2 rings (SSSR count). The molecular weight excluding hydrogens is 430 g/mol. The standard InChI is InChI=1S/C15H15Br2N3OS/c1-9(2)6-18-15-20(10(3)8-22-15)19-7-11-4-12(16)5-13(17)14(11)21/h4-5,7-8,21H,1,6H2,2-3H3. The number of rotatable bonds is 4. The quantitative estimate of drug-likeness (QED) is 0.549. The molecule has 0 aliphatic rings. The van der Waals surface area contributed by atoms with Crippen molar-refractivity contribution >= 4 is 49.4 Å². The van der Waals surface area contributed by atoms with Crippen molar-refractivity contribution in [1.82, 2.24) is 4.68 Å². The molecular formula is C15H15Br2N3OS. The molecule has 0 aliphatic carbocycles. The van der Waals surface area contributed by atoms with Crippen molar-refractivity contribution in [3.63, 3.8) is 0 Å². The van der Waals surface area contributed by atoms with Gasteiger partial charge in [0.05, 0.1) is 22.9 Å². The third kappa shape index (κ3) is 4.18. The fraction of sp³-hybridized carbons (Fsp3) is 0.200. The number of phenolic OH excluding ortho intramolecular Hbond substituents is 1. The Morgan fingerprint density at radius 2 is 2.18 bits per heavy atom. The van der Waals surface area contributed by atoms with Crippen molar-refractivity contribution in [3.05, 3.63) is 54.7 Å². The molecule has 0 saturated heterocycles. The fourth-order valence-corrected chi connectivity index (χ4v) is 3.70. The summed E-state index contributed by atoms with van der Waals surface area (Å²) >= 11 is 8.23. The van der Waals surface area contributed by atoms with Crippen molar-refractivity contribution in [3.8, 4) is 5.75 Å². The lowest BCUT2D eigenvalue weighted by molar-refractivity contribution is 0.471. The zero-order valence-electron chi connectivity index (χ0n) is 12.2. The normalized spacial score (nSPS) is 12.3. The van der Waals surface area contributed by atoms with Crippen LogP contribution in [0.5, 0.6) is 5.75 Å². The molecule has 0 aliphatic heterocycles. The number of halogens is 2. The van der Waals surface area contributed by atoms with Gasteiger partial charge in [-0.15, -0.1) is 11.3 Å². The summed E-state index contributed by atoms with van der Waals surface area (Å²) in [6, 6.07) is 3.58. The van der Waals surface area contributed by atoms with E-state index in [1.807, 2.05) is 19.2 Å². The summed E-state index contributed by atoms with van der Waals surface area (Å²) in [5, 5.41) is 16.5. The summed E-state index contributed by atoms with van der Waals surface area (Å²) in [5.74, 6) is 0.154. The van der Waals surface area contributed by atoms with Gasteiger partial charge in [0.1, 0.15) is 5.75 Å². The van der Waals surface area contributed by atoms with Gasteiger partial charge in [-0.2, -0.15) is 5.10 Å². The molecule has 0 spiro atoms. The minimum atomic E-state index is 0.154. The highest BCUT2D eigenvalue weighted by Crippen LogP contribution is 2.30. The number of hydrogen-bond acceptors (Lipinski definition) is 4. The molecule has 0 saturated carbocycles. The molecule has 2 aromatic rings. The van der Waals surface area contributed by atoms with E-state index in [2.05, 4.69) is 48.5 Å². The van der Waals surface area contributed by atoms with Crippen molar-refractivity contribution in [2.24, 2.45) is 10.1 Å². The van der Waals surface area contributed by atoms with Crippen LogP contribution in [0.25, 0.3) is 0 Å². The van der Waals surface area contributed by atoms with Gasteiger partial charge in [0.15, 0.2) is 0 Å². The van der Waals surface area contributed by atoms with Crippen molar-refractivity contribution in [2.75, 3.05) is 6.54 Å². The Kier molecular flexibility index (Phi) is 5.77. The summed E-state index contributed by atoms with van der Waals surface area (Å²) in [4.78, 5) is 5.28. The smallest absolute Gasteiger partial charge is 0.206 e. The monoisotopic (exact) mass is 443 g/mol. The molecule has 1 N–H and O–H groups in total. The maximum atomic E-state index is 10.1. The van der Waals surface area contributed by atoms with Crippen LogP contribution in [-0.4, -0.2) is 22.5 Å². The Labute approximate surface area is 149 Å². The van der Waals surface area contributed by atoms with E-state index in [1.54, 1.807) is 23.0 Å². The molecule has 0 atom stereocenters. The lowest BCUT2D eigenvalue weighted by atomic mass is 10.2. The predicted octanol–water partition coefficient (Wildman–Crippen LogP) is 4.45. The van der Waals surface area contributed by atoms with Gasteiger partial charge in [0.2, 0.25) is 4.80 Å². The highest BCUT2D eigenvalue weighted by molar-refractivity contribution is 9.11. The molecule has 22 heavy (non-hydrogen) atoms. The lowest BCUT2D eigenvalue weighted by Crippen LogP contribution is -2.13. The first kappa shape index (κ1) is 17.2. The number of aromatic nitrogens is 1. The number of hydrogen-bond donors (Lipinski definition) is 1. The van der Waals surface area contributed by atoms with Crippen LogP contribution in [0, 0.1) is 6.92 Å². The van der Waals surface area contributed by atoms with E-state index < -0.39 is 0 Å². The van der Waals surface area contributed by atoms with Crippen LogP contribution < -0.4 is 4.80 Å². The molecule has 116 valence electrons. The van der Waals surface area contributed by atoms with Gasteiger partial charge in [0.25, 0.3) is 0 Å². The minimum absolute atomic E-state index is 0.154. The maximum absolute atomic E-state index is 10.1. The van der Waals surface area contributed by atoms with E-state index in [4.69, 9.17) is 0 Å². The second kappa shape index (κ2) is 7.39. The minimum Gasteiger partial charge on any atom is -0.506 e. The summed E-state index contributed by atoms with van der Waals surface area (Å²) in [6.07, 6.45) is 1.62. The van der Waals surface area contributed by atoms with Crippen LogP contribution in [0.15, 0.2) is 48.7 Å². The zero-order valence-corrected chi connectivity index (χ0v) is 16.2. The number of aromatic hydroxyl groups is 1. The van der Waals surface area contributed by atoms with Crippen molar-refractivity contribution in [1.29, 1.82) is 0 Å². The van der Waals surface area contributed by atoms with E-state index in [-0.39, 0.29) is 5.75 Å². The first-order chi connectivity index (χ1) is 10.4. The summed E-state index contributed by atoms with van der Waals surface area (Å²) in [7, 11) is 0. The number of phenols is 1. The van der Waals surface area contributed by atoms with Gasteiger partial charge in [-0.3, -0.25) is 4.99 Å². The molecule has 0 radical (unpaired) electrons. The first-order valence-corrected chi connectivity index (χ1v) is 8.89. The Balaban J connectivity index is 2.41. The predicted molar refractivity (Wildman–Crippen MR) is 98.8 cm³/mol. The molecule has 1 aromatic heterocycles. The molecule has 4 nitrogen and oxygen atoms in total. The first-order valence-electron chi connectivity index (χ1n) is 6.43. The van der Waals surface area contributed by atoms with Crippen LogP contribution >= 0.6 is 43.2 Å². The van der Waals surface area contributed by atoms with Crippen molar-refractivity contribution in [2.45, 2.75) is 13.8 Å². The van der Waals surface area contributed by atoms with Gasteiger partial charge in [-0.1, -0.05) is 28.1 Å². The van der Waals surface area contributed by atoms with Gasteiger partial charge < -0.3 is 5.11 Å². The molecule has 0 fully saturated rings. The lowest BCUT2D eigenvalue weighted by Gasteiger charge is -2.03. The summed E-state index contributed by atoms with van der Waals surface area (Å²) < 4.78 is 3.22. The SMILES string of the molecule is C=C(C)CN=c1scc(C)n1N=Cc1cc(Br)cc(Br)c1O. The fourth-order valence-electron chi connectivity index (χ4n) is 1.64. The van der Waals surface area contributed by atoms with Crippen LogP contribution in [0.3, 0.4) is 0 Å². The van der Waals surface area contributed by atoms with Gasteiger partial charge in [0, 0.05) is 15.4 Å².